The van der Waals surface area contributed by atoms with Crippen LogP contribution in [0.25, 0.3) is 22.5 Å². The van der Waals surface area contributed by atoms with E-state index in [9.17, 15) is 0 Å². The maximum absolute atomic E-state index is 4.99. The molecule has 0 saturated heterocycles. The van der Waals surface area contributed by atoms with Crippen LogP contribution in [0.15, 0.2) is 54.6 Å². The second kappa shape index (κ2) is 6.08. The first-order valence-corrected chi connectivity index (χ1v) is 8.50. The summed E-state index contributed by atoms with van der Waals surface area (Å²) in [5, 5.41) is 3.49. The van der Waals surface area contributed by atoms with E-state index in [0.717, 1.165) is 46.9 Å². The molecule has 0 saturated carbocycles. The molecule has 1 aliphatic heterocycles. The number of aromatic nitrogens is 2. The molecule has 1 N–H and O–H groups in total. The van der Waals surface area contributed by atoms with Crippen LogP contribution in [0.3, 0.4) is 0 Å². The minimum atomic E-state index is 0.445. The molecule has 1 atom stereocenters. The number of hydrogen-bond donors (Lipinski definition) is 1. The number of aryl methyl sites for hydroxylation is 2. The Labute approximate surface area is 142 Å². The van der Waals surface area contributed by atoms with E-state index in [4.69, 9.17) is 9.97 Å². The first-order valence-electron chi connectivity index (χ1n) is 8.50. The van der Waals surface area contributed by atoms with Crippen LogP contribution in [0, 0.1) is 6.92 Å². The van der Waals surface area contributed by atoms with Crippen LogP contribution in [0.4, 0.5) is 5.82 Å². The molecule has 2 aromatic carbocycles. The van der Waals surface area contributed by atoms with Gasteiger partial charge in [-0.1, -0.05) is 60.2 Å². The number of anilines is 1. The lowest BCUT2D eigenvalue weighted by atomic mass is 10.0. The zero-order chi connectivity index (χ0) is 16.5. The van der Waals surface area contributed by atoms with Crippen molar-refractivity contribution in [1.82, 2.24) is 9.97 Å². The third-order valence-electron chi connectivity index (χ3n) is 4.54. The minimum absolute atomic E-state index is 0.445. The van der Waals surface area contributed by atoms with Crippen molar-refractivity contribution in [2.45, 2.75) is 32.7 Å². The molecule has 0 amide bonds. The predicted molar refractivity (Wildman–Crippen MR) is 99.0 cm³/mol. The lowest BCUT2D eigenvalue weighted by Gasteiger charge is -2.24. The molecule has 3 aromatic rings. The summed E-state index contributed by atoms with van der Waals surface area (Å²) in [7, 11) is 0. The van der Waals surface area contributed by atoms with Gasteiger partial charge in [0.2, 0.25) is 0 Å². The molecule has 1 aromatic heterocycles. The SMILES string of the molecule is Cc1ccc(-c2nc3c(nc2-c2ccccc2)CCC(C)N3)cc1. The zero-order valence-corrected chi connectivity index (χ0v) is 14.1. The summed E-state index contributed by atoms with van der Waals surface area (Å²) >= 11 is 0. The van der Waals surface area contributed by atoms with E-state index in [1.54, 1.807) is 0 Å². The highest BCUT2D eigenvalue weighted by atomic mass is 15.1. The van der Waals surface area contributed by atoms with Gasteiger partial charge in [-0.3, -0.25) is 0 Å². The Morgan fingerprint density at radius 2 is 1.54 bits per heavy atom. The van der Waals surface area contributed by atoms with Crippen molar-refractivity contribution in [3.8, 4) is 22.5 Å². The molecule has 1 unspecified atom stereocenters. The van der Waals surface area contributed by atoms with Gasteiger partial charge >= 0.3 is 0 Å². The van der Waals surface area contributed by atoms with Gasteiger partial charge in [-0.05, 0) is 26.7 Å². The molecule has 0 bridgehead atoms. The summed E-state index contributed by atoms with van der Waals surface area (Å²) in [5.74, 6) is 0.934. The van der Waals surface area contributed by atoms with Crippen molar-refractivity contribution in [2.75, 3.05) is 5.32 Å². The number of benzene rings is 2. The molecular formula is C21H21N3. The minimum Gasteiger partial charge on any atom is -0.366 e. The van der Waals surface area contributed by atoms with Crippen molar-refractivity contribution in [1.29, 1.82) is 0 Å². The third-order valence-corrected chi connectivity index (χ3v) is 4.54. The van der Waals surface area contributed by atoms with Gasteiger partial charge in [-0.25, -0.2) is 9.97 Å². The molecular weight excluding hydrogens is 294 g/mol. The second-order valence-electron chi connectivity index (χ2n) is 6.53. The first-order chi connectivity index (χ1) is 11.7. The standard InChI is InChI=1S/C21H21N3/c1-14-8-11-17(12-9-14)20-19(16-6-4-3-5-7-16)23-18-13-10-15(2)22-21(18)24-20/h3-9,11-12,15H,10,13H2,1-2H3,(H,22,24). The molecule has 120 valence electrons. The lowest BCUT2D eigenvalue weighted by Crippen LogP contribution is -2.24. The van der Waals surface area contributed by atoms with Gasteiger partial charge in [-0.15, -0.1) is 0 Å². The molecule has 0 fully saturated rings. The smallest absolute Gasteiger partial charge is 0.148 e. The zero-order valence-electron chi connectivity index (χ0n) is 14.1. The molecule has 3 nitrogen and oxygen atoms in total. The highest BCUT2D eigenvalue weighted by Crippen LogP contribution is 2.33. The molecule has 2 heterocycles. The van der Waals surface area contributed by atoms with E-state index in [1.165, 1.54) is 5.56 Å². The van der Waals surface area contributed by atoms with Crippen LogP contribution in [-0.4, -0.2) is 16.0 Å². The Morgan fingerprint density at radius 1 is 0.875 bits per heavy atom. The van der Waals surface area contributed by atoms with Crippen LogP contribution in [-0.2, 0) is 6.42 Å². The van der Waals surface area contributed by atoms with Crippen LogP contribution in [0.2, 0.25) is 0 Å². The van der Waals surface area contributed by atoms with Crippen LogP contribution in [0.1, 0.15) is 24.6 Å². The van der Waals surface area contributed by atoms with E-state index < -0.39 is 0 Å². The summed E-state index contributed by atoms with van der Waals surface area (Å²) in [6, 6.07) is 19.3. The van der Waals surface area contributed by atoms with Crippen LogP contribution < -0.4 is 5.32 Å². The van der Waals surface area contributed by atoms with Gasteiger partial charge in [0.25, 0.3) is 0 Å². The largest absolute Gasteiger partial charge is 0.366 e. The highest BCUT2D eigenvalue weighted by Gasteiger charge is 2.21. The fraction of sp³-hybridized carbons (Fsp3) is 0.238. The monoisotopic (exact) mass is 315 g/mol. The number of rotatable bonds is 2. The number of fused-ring (bicyclic) bond motifs is 1. The molecule has 3 heteroatoms. The molecule has 0 aliphatic carbocycles. The highest BCUT2D eigenvalue weighted by molar-refractivity contribution is 5.79. The number of hydrogen-bond acceptors (Lipinski definition) is 3. The van der Waals surface area contributed by atoms with E-state index in [-0.39, 0.29) is 0 Å². The van der Waals surface area contributed by atoms with Gasteiger partial charge in [0.1, 0.15) is 5.82 Å². The molecule has 1 aliphatic rings. The Hall–Kier alpha value is -2.68. The van der Waals surface area contributed by atoms with E-state index in [0.29, 0.717) is 6.04 Å². The average molecular weight is 315 g/mol. The number of nitrogens with zero attached hydrogens (tertiary/aromatic N) is 2. The maximum atomic E-state index is 4.99. The Morgan fingerprint density at radius 3 is 2.29 bits per heavy atom. The molecule has 0 spiro atoms. The Balaban J connectivity index is 1.92. The topological polar surface area (TPSA) is 37.8 Å². The quantitative estimate of drug-likeness (QED) is 0.733. The molecule has 4 rings (SSSR count). The fourth-order valence-corrected chi connectivity index (χ4v) is 3.13. The summed E-state index contributed by atoms with van der Waals surface area (Å²) < 4.78 is 0. The van der Waals surface area contributed by atoms with Gasteiger partial charge in [0.15, 0.2) is 0 Å². The van der Waals surface area contributed by atoms with E-state index in [1.807, 2.05) is 6.07 Å². The van der Waals surface area contributed by atoms with Crippen molar-refractivity contribution in [2.24, 2.45) is 0 Å². The van der Waals surface area contributed by atoms with Crippen molar-refractivity contribution >= 4 is 5.82 Å². The van der Waals surface area contributed by atoms with Gasteiger partial charge < -0.3 is 5.32 Å². The van der Waals surface area contributed by atoms with Gasteiger partial charge in [0, 0.05) is 17.2 Å². The second-order valence-corrected chi connectivity index (χ2v) is 6.53. The summed E-state index contributed by atoms with van der Waals surface area (Å²) in [6.07, 6.45) is 2.07. The third kappa shape index (κ3) is 2.78. The molecule has 24 heavy (non-hydrogen) atoms. The number of nitrogens with one attached hydrogen (secondary N) is 1. The van der Waals surface area contributed by atoms with Gasteiger partial charge in [0.05, 0.1) is 17.1 Å². The Kier molecular flexibility index (Phi) is 3.77. The fourth-order valence-electron chi connectivity index (χ4n) is 3.13. The van der Waals surface area contributed by atoms with Crippen molar-refractivity contribution in [3.05, 3.63) is 65.9 Å². The predicted octanol–water partition coefficient (Wildman–Crippen LogP) is 4.87. The van der Waals surface area contributed by atoms with E-state index >= 15 is 0 Å². The van der Waals surface area contributed by atoms with Crippen LogP contribution >= 0.6 is 0 Å². The van der Waals surface area contributed by atoms with Crippen molar-refractivity contribution < 1.29 is 0 Å². The normalized spacial score (nSPS) is 16.3. The van der Waals surface area contributed by atoms with Crippen molar-refractivity contribution in [3.63, 3.8) is 0 Å². The van der Waals surface area contributed by atoms with Crippen LogP contribution in [0.5, 0.6) is 0 Å². The average Bonchev–Trinajstić information content (AvgIpc) is 2.62. The lowest BCUT2D eigenvalue weighted by molar-refractivity contribution is 0.661. The summed E-state index contributed by atoms with van der Waals surface area (Å²) in [4.78, 5) is 9.96. The maximum Gasteiger partial charge on any atom is 0.148 e. The molecule has 0 radical (unpaired) electrons. The first kappa shape index (κ1) is 14.9. The summed E-state index contributed by atoms with van der Waals surface area (Å²) in [6.45, 7) is 4.30. The van der Waals surface area contributed by atoms with E-state index in [2.05, 4.69) is 67.7 Å². The van der Waals surface area contributed by atoms with Gasteiger partial charge in [-0.2, -0.15) is 0 Å². The Bertz CT molecular complexity index is 854. The summed E-state index contributed by atoms with van der Waals surface area (Å²) in [5.41, 5.74) is 6.45.